The molecule has 2 aromatic heterocycles. The summed E-state index contributed by atoms with van der Waals surface area (Å²) >= 11 is 1.63. The summed E-state index contributed by atoms with van der Waals surface area (Å²) in [4.78, 5) is 11.7. The zero-order valence-corrected chi connectivity index (χ0v) is 12.2. The van der Waals surface area contributed by atoms with Crippen molar-refractivity contribution in [2.24, 2.45) is 0 Å². The molecule has 0 fully saturated rings. The minimum absolute atomic E-state index is 0.0209. The number of rotatable bonds is 4. The first-order valence-electron chi connectivity index (χ1n) is 6.15. The lowest BCUT2D eigenvalue weighted by molar-refractivity contribution is -0.118. The number of nitrogens with one attached hydrogen (secondary N) is 1. The smallest absolute Gasteiger partial charge is 0.230 e. The molecule has 6 heteroatoms. The van der Waals surface area contributed by atoms with Crippen LogP contribution in [0.4, 0.5) is 0 Å². The lowest BCUT2D eigenvalue weighted by atomic mass is 10.3. The molecule has 0 aromatic carbocycles. The molecule has 0 aliphatic carbocycles. The third-order valence-corrected chi connectivity index (χ3v) is 3.74. The summed E-state index contributed by atoms with van der Waals surface area (Å²) in [5.74, 6) is 1.22. The Labute approximate surface area is 116 Å². The Hall–Kier alpha value is -1.56. The van der Waals surface area contributed by atoms with E-state index in [1.807, 2.05) is 28.8 Å². The molecule has 19 heavy (non-hydrogen) atoms. The average Bonchev–Trinajstić information content (AvgIpc) is 2.76. The zero-order chi connectivity index (χ0) is 13.9. The topological polar surface area (TPSA) is 59.3 Å². The van der Waals surface area contributed by atoms with E-state index in [4.69, 9.17) is 0 Å². The maximum absolute atomic E-state index is 11.7. The largest absolute Gasteiger partial charge is 0.348 e. The second-order valence-corrected chi connectivity index (χ2v) is 7.02. The van der Waals surface area contributed by atoms with Crippen molar-refractivity contribution in [3.63, 3.8) is 0 Å². The monoisotopic (exact) mass is 278 g/mol. The van der Waals surface area contributed by atoms with Crippen LogP contribution in [-0.4, -0.2) is 31.0 Å². The predicted octanol–water partition coefficient (Wildman–Crippen LogP) is 1.88. The highest BCUT2D eigenvalue weighted by Gasteiger charge is 2.13. The maximum atomic E-state index is 11.7. The van der Waals surface area contributed by atoms with Gasteiger partial charge in [-0.15, -0.1) is 22.0 Å². The summed E-state index contributed by atoms with van der Waals surface area (Å²) in [5, 5.41) is 11.0. The highest BCUT2D eigenvalue weighted by atomic mass is 32.2. The van der Waals surface area contributed by atoms with Crippen molar-refractivity contribution in [2.45, 2.75) is 32.1 Å². The van der Waals surface area contributed by atoms with Gasteiger partial charge >= 0.3 is 0 Å². The van der Waals surface area contributed by atoms with Gasteiger partial charge in [-0.25, -0.2) is 0 Å². The molecule has 0 atom stereocenters. The molecule has 0 aliphatic rings. The van der Waals surface area contributed by atoms with E-state index in [0.29, 0.717) is 12.3 Å². The number of hydrogen-bond donors (Lipinski definition) is 1. The van der Waals surface area contributed by atoms with Gasteiger partial charge in [-0.2, -0.15) is 0 Å². The number of amides is 1. The molecule has 0 radical (unpaired) electrons. The van der Waals surface area contributed by atoms with E-state index in [-0.39, 0.29) is 10.7 Å². The quantitative estimate of drug-likeness (QED) is 0.927. The number of thioether (sulfide) groups is 1. The van der Waals surface area contributed by atoms with E-state index in [1.54, 1.807) is 11.8 Å². The van der Waals surface area contributed by atoms with Gasteiger partial charge in [0.2, 0.25) is 5.91 Å². The first kappa shape index (κ1) is 13.9. The van der Waals surface area contributed by atoms with Gasteiger partial charge in [-0.05, 0) is 12.1 Å². The van der Waals surface area contributed by atoms with Gasteiger partial charge in [0.05, 0.1) is 12.3 Å². The van der Waals surface area contributed by atoms with Crippen LogP contribution in [0.2, 0.25) is 0 Å². The Morgan fingerprint density at radius 1 is 1.37 bits per heavy atom. The summed E-state index contributed by atoms with van der Waals surface area (Å²) in [6, 6.07) is 5.71. The fourth-order valence-electron chi connectivity index (χ4n) is 1.52. The molecular formula is C13H18N4OS. The molecule has 1 N–H and O–H groups in total. The minimum Gasteiger partial charge on any atom is -0.348 e. The Morgan fingerprint density at radius 3 is 2.89 bits per heavy atom. The van der Waals surface area contributed by atoms with Crippen molar-refractivity contribution in [1.29, 1.82) is 0 Å². The first-order valence-corrected chi connectivity index (χ1v) is 7.13. The van der Waals surface area contributed by atoms with Crippen LogP contribution >= 0.6 is 11.8 Å². The van der Waals surface area contributed by atoms with Crippen LogP contribution in [-0.2, 0) is 11.3 Å². The Bertz CT molecular complexity index is 573. The van der Waals surface area contributed by atoms with Crippen molar-refractivity contribution in [1.82, 2.24) is 19.9 Å². The van der Waals surface area contributed by atoms with Crippen LogP contribution in [0.3, 0.4) is 0 Å². The third-order valence-electron chi connectivity index (χ3n) is 2.46. The van der Waals surface area contributed by atoms with Crippen LogP contribution in [0, 0.1) is 0 Å². The number of aromatic nitrogens is 3. The van der Waals surface area contributed by atoms with Crippen molar-refractivity contribution in [3.8, 4) is 0 Å². The molecule has 2 heterocycles. The lowest BCUT2D eigenvalue weighted by Gasteiger charge is -2.16. The standard InChI is InChI=1S/C13H18N4OS/c1-13(2,3)19-9-12(18)14-8-11-16-15-10-6-4-5-7-17(10)11/h4-7H,8-9H2,1-3H3,(H,14,18). The maximum Gasteiger partial charge on any atom is 0.230 e. The van der Waals surface area contributed by atoms with Gasteiger partial charge in [-0.1, -0.05) is 26.8 Å². The van der Waals surface area contributed by atoms with Gasteiger partial charge in [0.25, 0.3) is 0 Å². The molecule has 1 amide bonds. The Balaban J connectivity index is 1.90. The minimum atomic E-state index is 0.0209. The molecule has 0 saturated heterocycles. The van der Waals surface area contributed by atoms with Crippen molar-refractivity contribution in [3.05, 3.63) is 30.2 Å². The zero-order valence-electron chi connectivity index (χ0n) is 11.4. The summed E-state index contributed by atoms with van der Waals surface area (Å²) in [6.45, 7) is 6.68. The van der Waals surface area contributed by atoms with Crippen molar-refractivity contribution >= 4 is 23.3 Å². The third kappa shape index (κ3) is 3.96. The summed E-state index contributed by atoms with van der Waals surface area (Å²) in [7, 11) is 0. The number of nitrogens with zero attached hydrogens (tertiary/aromatic N) is 3. The molecule has 2 aromatic rings. The molecule has 102 valence electrons. The van der Waals surface area contributed by atoms with Crippen LogP contribution in [0.25, 0.3) is 5.65 Å². The van der Waals surface area contributed by atoms with Crippen LogP contribution < -0.4 is 5.32 Å². The van der Waals surface area contributed by atoms with E-state index in [0.717, 1.165) is 11.5 Å². The summed E-state index contributed by atoms with van der Waals surface area (Å²) in [5.41, 5.74) is 0.788. The van der Waals surface area contributed by atoms with Gasteiger partial charge in [0.15, 0.2) is 11.5 Å². The normalized spacial score (nSPS) is 11.7. The van der Waals surface area contributed by atoms with Crippen LogP contribution in [0.15, 0.2) is 24.4 Å². The van der Waals surface area contributed by atoms with E-state index in [1.165, 1.54) is 0 Å². The highest BCUT2D eigenvalue weighted by molar-refractivity contribution is 8.01. The predicted molar refractivity (Wildman–Crippen MR) is 77.0 cm³/mol. The summed E-state index contributed by atoms with van der Waals surface area (Å²) in [6.07, 6.45) is 1.89. The molecule has 0 bridgehead atoms. The second-order valence-electron chi connectivity index (χ2n) is 5.22. The lowest BCUT2D eigenvalue weighted by Crippen LogP contribution is -2.27. The van der Waals surface area contributed by atoms with E-state index in [9.17, 15) is 4.79 Å². The Morgan fingerprint density at radius 2 is 2.16 bits per heavy atom. The SMILES string of the molecule is CC(C)(C)SCC(=O)NCc1nnc2ccccn12. The van der Waals surface area contributed by atoms with Gasteiger partial charge in [-0.3, -0.25) is 9.20 Å². The molecule has 0 aliphatic heterocycles. The van der Waals surface area contributed by atoms with Gasteiger partial charge in [0, 0.05) is 10.9 Å². The van der Waals surface area contributed by atoms with Gasteiger partial charge in [0.1, 0.15) is 0 Å². The number of carbonyl (C=O) groups is 1. The van der Waals surface area contributed by atoms with E-state index >= 15 is 0 Å². The second kappa shape index (κ2) is 5.61. The molecular weight excluding hydrogens is 260 g/mol. The fourth-order valence-corrected chi connectivity index (χ4v) is 2.19. The number of hydrogen-bond acceptors (Lipinski definition) is 4. The van der Waals surface area contributed by atoms with Gasteiger partial charge < -0.3 is 5.32 Å². The van der Waals surface area contributed by atoms with Crippen molar-refractivity contribution in [2.75, 3.05) is 5.75 Å². The molecule has 0 spiro atoms. The molecule has 0 saturated carbocycles. The van der Waals surface area contributed by atoms with E-state index in [2.05, 4.69) is 36.3 Å². The van der Waals surface area contributed by atoms with Crippen LogP contribution in [0.1, 0.15) is 26.6 Å². The Kier molecular flexibility index (Phi) is 4.09. The summed E-state index contributed by atoms with van der Waals surface area (Å²) < 4.78 is 1.97. The van der Waals surface area contributed by atoms with Crippen LogP contribution in [0.5, 0.6) is 0 Å². The van der Waals surface area contributed by atoms with E-state index < -0.39 is 0 Å². The van der Waals surface area contributed by atoms with Crippen molar-refractivity contribution < 1.29 is 4.79 Å². The molecule has 5 nitrogen and oxygen atoms in total. The number of pyridine rings is 1. The fraction of sp³-hybridized carbons (Fsp3) is 0.462. The number of fused-ring (bicyclic) bond motifs is 1. The number of carbonyl (C=O) groups excluding carboxylic acids is 1. The molecule has 2 rings (SSSR count). The molecule has 0 unspecified atom stereocenters. The first-order chi connectivity index (χ1) is 8.96. The average molecular weight is 278 g/mol. The highest BCUT2D eigenvalue weighted by Crippen LogP contribution is 2.22.